The summed E-state index contributed by atoms with van der Waals surface area (Å²) in [4.78, 5) is 8.71. The summed E-state index contributed by atoms with van der Waals surface area (Å²) < 4.78 is 6.62. The molecule has 1 unspecified atom stereocenters. The average molecular weight is 353 g/mol. The molecular weight excluding hydrogens is 341 g/mol. The number of nitrogens with two attached hydrogens (primary N) is 1. The van der Waals surface area contributed by atoms with Crippen molar-refractivity contribution < 1.29 is 4.74 Å². The quantitative estimate of drug-likeness (QED) is 0.800. The first-order valence-electron chi connectivity index (χ1n) is 5.72. The summed E-state index contributed by atoms with van der Waals surface area (Å²) in [5.41, 5.74) is 7.03. The zero-order valence-corrected chi connectivity index (χ0v) is 11.8. The van der Waals surface area contributed by atoms with Gasteiger partial charge in [0.25, 0.3) is 0 Å². The van der Waals surface area contributed by atoms with Crippen molar-refractivity contribution in [3.8, 4) is 5.75 Å². The molecule has 3 rings (SSSR count). The van der Waals surface area contributed by atoms with Crippen LogP contribution < -0.4 is 10.5 Å². The van der Waals surface area contributed by atoms with Crippen molar-refractivity contribution in [2.24, 2.45) is 0 Å². The number of benzene rings is 1. The third-order valence-corrected chi connectivity index (χ3v) is 3.87. The summed E-state index contributed by atoms with van der Waals surface area (Å²) in [6, 6.07) is 8.08. The highest BCUT2D eigenvalue weighted by Crippen LogP contribution is 2.31. The standard InChI is InChI=1S/C13H12IN3O/c14-10-6-16-13(17-12(10)15)9-5-8-3-1-2-4-11(8)18-7-9/h1-4,6,9H,5,7H2,(H2,15,16,17). The molecule has 2 heterocycles. The summed E-state index contributed by atoms with van der Waals surface area (Å²) in [6.07, 6.45) is 2.66. The zero-order valence-electron chi connectivity index (χ0n) is 9.64. The number of halogens is 1. The number of rotatable bonds is 1. The third-order valence-electron chi connectivity index (χ3n) is 3.03. The number of hydrogen-bond acceptors (Lipinski definition) is 4. The SMILES string of the molecule is Nc1nc(C2COc3ccccc3C2)ncc1I. The predicted molar refractivity (Wildman–Crippen MR) is 77.5 cm³/mol. The highest BCUT2D eigenvalue weighted by Gasteiger charge is 2.23. The molecule has 2 N–H and O–H groups in total. The van der Waals surface area contributed by atoms with Gasteiger partial charge in [-0.3, -0.25) is 0 Å². The Morgan fingerprint density at radius 1 is 1.33 bits per heavy atom. The van der Waals surface area contributed by atoms with E-state index in [1.54, 1.807) is 6.20 Å². The second-order valence-electron chi connectivity index (χ2n) is 4.28. The van der Waals surface area contributed by atoms with Crippen molar-refractivity contribution in [3.63, 3.8) is 0 Å². The summed E-state index contributed by atoms with van der Waals surface area (Å²) >= 11 is 2.13. The Balaban J connectivity index is 1.89. The molecule has 1 aliphatic heterocycles. The highest BCUT2D eigenvalue weighted by atomic mass is 127. The number of anilines is 1. The molecule has 5 heteroatoms. The van der Waals surface area contributed by atoms with Crippen LogP contribution in [-0.2, 0) is 6.42 Å². The highest BCUT2D eigenvalue weighted by molar-refractivity contribution is 14.1. The van der Waals surface area contributed by atoms with Gasteiger partial charge in [-0.2, -0.15) is 0 Å². The van der Waals surface area contributed by atoms with Gasteiger partial charge >= 0.3 is 0 Å². The van der Waals surface area contributed by atoms with E-state index in [9.17, 15) is 0 Å². The van der Waals surface area contributed by atoms with Crippen molar-refractivity contribution in [3.05, 3.63) is 45.4 Å². The van der Waals surface area contributed by atoms with Gasteiger partial charge in [0.2, 0.25) is 0 Å². The van der Waals surface area contributed by atoms with Gasteiger partial charge in [-0.15, -0.1) is 0 Å². The van der Waals surface area contributed by atoms with Crippen molar-refractivity contribution in [1.82, 2.24) is 9.97 Å². The maximum atomic E-state index is 5.82. The lowest BCUT2D eigenvalue weighted by atomic mass is 9.96. The molecule has 0 amide bonds. The van der Waals surface area contributed by atoms with Crippen LogP contribution in [0.25, 0.3) is 0 Å². The first kappa shape index (κ1) is 11.7. The minimum atomic E-state index is 0.180. The fraction of sp³-hybridized carbons (Fsp3) is 0.231. The van der Waals surface area contributed by atoms with E-state index < -0.39 is 0 Å². The molecular formula is C13H12IN3O. The van der Waals surface area contributed by atoms with E-state index in [0.717, 1.165) is 21.6 Å². The van der Waals surface area contributed by atoms with Gasteiger partial charge < -0.3 is 10.5 Å². The van der Waals surface area contributed by atoms with Crippen molar-refractivity contribution >= 4 is 28.4 Å². The third kappa shape index (κ3) is 2.14. The molecule has 0 bridgehead atoms. The normalized spacial score (nSPS) is 17.9. The Morgan fingerprint density at radius 3 is 3.00 bits per heavy atom. The van der Waals surface area contributed by atoms with E-state index in [1.165, 1.54) is 5.56 Å². The van der Waals surface area contributed by atoms with Crippen LogP contribution in [0.3, 0.4) is 0 Å². The zero-order chi connectivity index (χ0) is 12.5. The van der Waals surface area contributed by atoms with E-state index in [4.69, 9.17) is 10.5 Å². The van der Waals surface area contributed by atoms with Gasteiger partial charge in [0.05, 0.1) is 16.1 Å². The molecule has 1 aromatic carbocycles. The van der Waals surface area contributed by atoms with Crippen molar-refractivity contribution in [2.75, 3.05) is 12.3 Å². The number of fused-ring (bicyclic) bond motifs is 1. The Bertz CT molecular complexity index is 588. The molecule has 0 spiro atoms. The van der Waals surface area contributed by atoms with Crippen LogP contribution in [-0.4, -0.2) is 16.6 Å². The van der Waals surface area contributed by atoms with E-state index >= 15 is 0 Å². The molecule has 1 aliphatic rings. The van der Waals surface area contributed by atoms with Gasteiger partial charge in [0.1, 0.15) is 17.4 Å². The van der Waals surface area contributed by atoms with Gasteiger partial charge in [0.15, 0.2) is 0 Å². The van der Waals surface area contributed by atoms with E-state index in [1.807, 2.05) is 18.2 Å². The first-order valence-corrected chi connectivity index (χ1v) is 6.80. The number of aromatic nitrogens is 2. The van der Waals surface area contributed by atoms with Gasteiger partial charge in [-0.25, -0.2) is 9.97 Å². The van der Waals surface area contributed by atoms with Crippen LogP contribution >= 0.6 is 22.6 Å². The Morgan fingerprint density at radius 2 is 2.17 bits per heavy atom. The van der Waals surface area contributed by atoms with E-state index in [2.05, 4.69) is 38.6 Å². The van der Waals surface area contributed by atoms with Crippen molar-refractivity contribution in [1.29, 1.82) is 0 Å². The van der Waals surface area contributed by atoms with Gasteiger partial charge in [-0.1, -0.05) is 18.2 Å². The Kier molecular flexibility index (Phi) is 3.07. The molecule has 4 nitrogen and oxygen atoms in total. The first-order chi connectivity index (χ1) is 8.74. The van der Waals surface area contributed by atoms with Crippen LogP contribution in [0.2, 0.25) is 0 Å². The lowest BCUT2D eigenvalue weighted by molar-refractivity contribution is 0.258. The van der Waals surface area contributed by atoms with E-state index in [0.29, 0.717) is 12.4 Å². The molecule has 18 heavy (non-hydrogen) atoms. The van der Waals surface area contributed by atoms with Gasteiger partial charge in [-0.05, 0) is 40.6 Å². The fourth-order valence-corrected chi connectivity index (χ4v) is 2.35. The monoisotopic (exact) mass is 353 g/mol. The molecule has 0 saturated carbocycles. The molecule has 0 fully saturated rings. The number of hydrogen-bond donors (Lipinski definition) is 1. The fourth-order valence-electron chi connectivity index (χ4n) is 2.09. The van der Waals surface area contributed by atoms with E-state index in [-0.39, 0.29) is 5.92 Å². The smallest absolute Gasteiger partial charge is 0.140 e. The summed E-state index contributed by atoms with van der Waals surface area (Å²) in [5.74, 6) is 2.45. The number of para-hydroxylation sites is 1. The summed E-state index contributed by atoms with van der Waals surface area (Å²) in [7, 11) is 0. The predicted octanol–water partition coefficient (Wildman–Crippen LogP) is 2.38. The second kappa shape index (κ2) is 4.72. The minimum Gasteiger partial charge on any atom is -0.493 e. The Labute approximate surface area is 119 Å². The van der Waals surface area contributed by atoms with Crippen LogP contribution in [0, 0.1) is 3.57 Å². The Hall–Kier alpha value is -1.37. The van der Waals surface area contributed by atoms with Crippen LogP contribution in [0.1, 0.15) is 17.3 Å². The molecule has 0 saturated heterocycles. The lowest BCUT2D eigenvalue weighted by Crippen LogP contribution is -2.21. The van der Waals surface area contributed by atoms with Crippen molar-refractivity contribution in [2.45, 2.75) is 12.3 Å². The number of nitrogens with zero attached hydrogens (tertiary/aromatic N) is 2. The summed E-state index contributed by atoms with van der Waals surface area (Å²) in [6.45, 7) is 0.608. The second-order valence-corrected chi connectivity index (χ2v) is 5.44. The molecule has 0 radical (unpaired) electrons. The molecule has 92 valence electrons. The molecule has 1 atom stereocenters. The topological polar surface area (TPSA) is 61.0 Å². The molecule has 0 aliphatic carbocycles. The summed E-state index contributed by atoms with van der Waals surface area (Å²) in [5, 5.41) is 0. The number of ether oxygens (including phenoxy) is 1. The van der Waals surface area contributed by atoms with Crippen LogP contribution in [0.5, 0.6) is 5.75 Å². The maximum absolute atomic E-state index is 5.82. The minimum absolute atomic E-state index is 0.180. The van der Waals surface area contributed by atoms with Crippen LogP contribution in [0.15, 0.2) is 30.5 Å². The average Bonchev–Trinajstić information content (AvgIpc) is 2.41. The number of nitrogen functional groups attached to an aromatic ring is 1. The van der Waals surface area contributed by atoms with Gasteiger partial charge in [0, 0.05) is 6.20 Å². The molecule has 2 aromatic rings. The maximum Gasteiger partial charge on any atom is 0.140 e. The largest absolute Gasteiger partial charge is 0.493 e. The molecule has 1 aromatic heterocycles. The van der Waals surface area contributed by atoms with Crippen LogP contribution in [0.4, 0.5) is 5.82 Å². The lowest BCUT2D eigenvalue weighted by Gasteiger charge is -2.24.